The zero-order valence-electron chi connectivity index (χ0n) is 21.0. The fourth-order valence-corrected chi connectivity index (χ4v) is 4.78. The van der Waals surface area contributed by atoms with Crippen molar-refractivity contribution in [1.82, 2.24) is 20.0 Å². The maximum Gasteiger partial charge on any atom is 0.338 e. The molecule has 2 aromatic carbocycles. The highest BCUT2D eigenvalue weighted by Gasteiger charge is 2.38. The first-order chi connectivity index (χ1) is 17.7. The van der Waals surface area contributed by atoms with Crippen LogP contribution in [0.1, 0.15) is 35.8 Å². The van der Waals surface area contributed by atoms with Gasteiger partial charge in [-0.2, -0.15) is 0 Å². The predicted molar refractivity (Wildman–Crippen MR) is 132 cm³/mol. The van der Waals surface area contributed by atoms with E-state index in [9.17, 15) is 23.2 Å². The number of ether oxygens (including phenoxy) is 1. The lowest BCUT2D eigenvalue weighted by Gasteiger charge is -2.42. The van der Waals surface area contributed by atoms with Gasteiger partial charge in [0.05, 0.1) is 18.2 Å². The third-order valence-corrected chi connectivity index (χ3v) is 6.69. The fraction of sp³-hybridized carbons (Fsp3) is 0.370. The second-order valence-corrected chi connectivity index (χ2v) is 9.17. The normalized spacial score (nSPS) is 20.6. The summed E-state index contributed by atoms with van der Waals surface area (Å²) in [5, 5.41) is 2.78. The van der Waals surface area contributed by atoms with E-state index in [1.807, 2.05) is 6.92 Å². The lowest BCUT2D eigenvalue weighted by molar-refractivity contribution is -0.139. The fourth-order valence-electron chi connectivity index (χ4n) is 4.78. The zero-order chi connectivity index (χ0) is 26.7. The quantitative estimate of drug-likeness (QED) is 0.601. The molecule has 1 saturated heterocycles. The minimum atomic E-state index is -0.868. The minimum absolute atomic E-state index is 0.143. The van der Waals surface area contributed by atoms with Gasteiger partial charge in [0, 0.05) is 50.5 Å². The molecule has 0 saturated carbocycles. The van der Waals surface area contributed by atoms with Crippen molar-refractivity contribution in [2.75, 3.05) is 39.8 Å². The molecule has 37 heavy (non-hydrogen) atoms. The van der Waals surface area contributed by atoms with Crippen LogP contribution in [-0.4, -0.2) is 78.5 Å². The summed E-state index contributed by atoms with van der Waals surface area (Å²) in [7, 11) is 1.57. The van der Waals surface area contributed by atoms with E-state index in [0.717, 1.165) is 0 Å². The van der Waals surface area contributed by atoms with Crippen molar-refractivity contribution in [2.45, 2.75) is 25.9 Å². The second kappa shape index (κ2) is 11.1. The molecule has 0 bridgehead atoms. The van der Waals surface area contributed by atoms with Crippen LogP contribution in [0.2, 0.25) is 0 Å². The Morgan fingerprint density at radius 1 is 1.08 bits per heavy atom. The van der Waals surface area contributed by atoms with E-state index in [1.54, 1.807) is 24.9 Å². The van der Waals surface area contributed by atoms with Gasteiger partial charge in [-0.25, -0.2) is 18.4 Å². The number of rotatable bonds is 6. The van der Waals surface area contributed by atoms with Crippen molar-refractivity contribution < 1.29 is 27.9 Å². The first kappa shape index (κ1) is 26.3. The number of urea groups is 1. The molecule has 0 aliphatic carbocycles. The number of likely N-dealkylation sites (N-methyl/N-ethyl adjacent to an activating group) is 1. The van der Waals surface area contributed by atoms with Gasteiger partial charge in [-0.3, -0.25) is 14.6 Å². The van der Waals surface area contributed by atoms with Crippen molar-refractivity contribution >= 4 is 17.9 Å². The zero-order valence-corrected chi connectivity index (χ0v) is 21.0. The number of halogens is 2. The van der Waals surface area contributed by atoms with Crippen LogP contribution in [0.5, 0.6) is 0 Å². The summed E-state index contributed by atoms with van der Waals surface area (Å²) in [5.41, 5.74) is 1.55. The molecule has 4 rings (SSSR count). The Balaban J connectivity index is 1.59. The number of nitrogens with zero attached hydrogens (tertiary/aromatic N) is 3. The third-order valence-electron chi connectivity index (χ3n) is 6.69. The van der Waals surface area contributed by atoms with Crippen molar-refractivity contribution in [2.24, 2.45) is 0 Å². The van der Waals surface area contributed by atoms with Gasteiger partial charge < -0.3 is 15.0 Å². The number of benzene rings is 2. The highest BCUT2D eigenvalue weighted by Crippen LogP contribution is 2.32. The molecule has 2 aliphatic heterocycles. The second-order valence-electron chi connectivity index (χ2n) is 9.17. The summed E-state index contributed by atoms with van der Waals surface area (Å²) in [6, 6.07) is 9.76. The number of piperazine rings is 1. The molecule has 1 N–H and O–H groups in total. The van der Waals surface area contributed by atoms with Crippen LogP contribution >= 0.6 is 0 Å². The van der Waals surface area contributed by atoms with Gasteiger partial charge >= 0.3 is 12.0 Å². The Hall–Kier alpha value is -3.79. The van der Waals surface area contributed by atoms with Gasteiger partial charge in [-0.15, -0.1) is 0 Å². The maximum absolute atomic E-state index is 14.0. The molecule has 2 heterocycles. The molecule has 0 aromatic heterocycles. The summed E-state index contributed by atoms with van der Waals surface area (Å²) in [6.45, 7) is 5.42. The Bertz CT molecular complexity index is 1220. The average Bonchev–Trinajstić information content (AvgIpc) is 2.87. The average molecular weight is 513 g/mol. The van der Waals surface area contributed by atoms with Crippen molar-refractivity contribution in [3.05, 3.63) is 82.6 Å². The Morgan fingerprint density at radius 2 is 1.81 bits per heavy atom. The van der Waals surface area contributed by atoms with Crippen LogP contribution in [0.15, 0.2) is 59.8 Å². The molecule has 2 aromatic rings. The van der Waals surface area contributed by atoms with Crippen LogP contribution in [0.4, 0.5) is 13.6 Å². The van der Waals surface area contributed by atoms with Crippen molar-refractivity contribution in [3.63, 3.8) is 0 Å². The molecule has 8 nitrogen and oxygen atoms in total. The number of hydrogen-bond donors (Lipinski definition) is 1. The third kappa shape index (κ3) is 5.64. The topological polar surface area (TPSA) is 82.2 Å². The van der Waals surface area contributed by atoms with E-state index < -0.39 is 29.7 Å². The Labute approximate surface area is 214 Å². The van der Waals surface area contributed by atoms with Crippen LogP contribution in [-0.2, 0) is 9.53 Å². The van der Waals surface area contributed by atoms with Gasteiger partial charge in [-0.1, -0.05) is 12.1 Å². The van der Waals surface area contributed by atoms with Crippen molar-refractivity contribution in [3.8, 4) is 0 Å². The lowest BCUT2D eigenvalue weighted by Crippen LogP contribution is -2.56. The van der Waals surface area contributed by atoms with Gasteiger partial charge in [0.15, 0.2) is 0 Å². The van der Waals surface area contributed by atoms with Crippen LogP contribution in [0.25, 0.3) is 0 Å². The van der Waals surface area contributed by atoms with E-state index in [0.29, 0.717) is 36.5 Å². The number of amides is 3. The van der Waals surface area contributed by atoms with Crippen LogP contribution in [0.3, 0.4) is 0 Å². The van der Waals surface area contributed by atoms with Crippen LogP contribution < -0.4 is 5.32 Å². The lowest BCUT2D eigenvalue weighted by atomic mass is 9.94. The van der Waals surface area contributed by atoms with Crippen LogP contribution in [0, 0.1) is 11.6 Å². The molecule has 1 fully saturated rings. The summed E-state index contributed by atoms with van der Waals surface area (Å²) in [5.74, 6) is -1.65. The number of carbonyl (C=O) groups excluding carboxylic acids is 3. The van der Waals surface area contributed by atoms with E-state index in [2.05, 4.69) is 10.2 Å². The predicted octanol–water partition coefficient (Wildman–Crippen LogP) is 3.32. The van der Waals surface area contributed by atoms with Gasteiger partial charge in [0.25, 0.3) is 5.91 Å². The smallest absolute Gasteiger partial charge is 0.338 e. The molecular formula is C27H30F2N4O4. The number of carbonyl (C=O) groups is 3. The SMILES string of the molecule is CCOC(=O)C1=C(CN2CCN(C(=O)c3ccc(F)cc3)[C@H](C)C2)N(C)C(=O)N[C@@H]1c1cccc(F)c1. The molecule has 2 aliphatic rings. The summed E-state index contributed by atoms with van der Waals surface area (Å²) in [6.07, 6.45) is 0. The van der Waals surface area contributed by atoms with Gasteiger partial charge in [-0.05, 0) is 55.8 Å². The van der Waals surface area contributed by atoms with E-state index in [4.69, 9.17) is 4.74 Å². The minimum Gasteiger partial charge on any atom is -0.463 e. The monoisotopic (exact) mass is 512 g/mol. The Morgan fingerprint density at radius 3 is 2.46 bits per heavy atom. The molecule has 3 amide bonds. The summed E-state index contributed by atoms with van der Waals surface area (Å²) >= 11 is 0. The van der Waals surface area contributed by atoms with E-state index in [1.165, 1.54) is 47.4 Å². The highest BCUT2D eigenvalue weighted by molar-refractivity contribution is 5.95. The van der Waals surface area contributed by atoms with E-state index >= 15 is 0 Å². The first-order valence-electron chi connectivity index (χ1n) is 12.2. The molecule has 0 unspecified atom stereocenters. The molecular weight excluding hydrogens is 482 g/mol. The molecule has 0 spiro atoms. The van der Waals surface area contributed by atoms with E-state index in [-0.39, 0.29) is 30.7 Å². The molecule has 10 heteroatoms. The van der Waals surface area contributed by atoms with Gasteiger partial charge in [0.2, 0.25) is 0 Å². The Kier molecular flexibility index (Phi) is 7.87. The largest absolute Gasteiger partial charge is 0.463 e. The van der Waals surface area contributed by atoms with Crippen molar-refractivity contribution in [1.29, 1.82) is 0 Å². The number of nitrogens with one attached hydrogen (secondary N) is 1. The maximum atomic E-state index is 14.0. The number of esters is 1. The number of hydrogen-bond acceptors (Lipinski definition) is 5. The van der Waals surface area contributed by atoms with Gasteiger partial charge in [0.1, 0.15) is 11.6 Å². The molecule has 0 radical (unpaired) electrons. The first-order valence-corrected chi connectivity index (χ1v) is 12.2. The summed E-state index contributed by atoms with van der Waals surface area (Å²) in [4.78, 5) is 44.1. The standard InChI is InChI=1S/C27H30F2N4O4/c1-4-37-26(35)23-22(31(3)27(36)30-24(23)19-6-5-7-21(29)14-19)16-32-12-13-33(17(2)15-32)25(34)18-8-10-20(28)11-9-18/h5-11,14,17,24H,4,12-13,15-16H2,1-3H3,(H,30,36)/t17-,24-/m1/s1. The summed E-state index contributed by atoms with van der Waals surface area (Å²) < 4.78 is 32.6. The highest BCUT2D eigenvalue weighted by atomic mass is 19.1. The molecule has 196 valence electrons. The molecule has 2 atom stereocenters.